The summed E-state index contributed by atoms with van der Waals surface area (Å²) in [7, 11) is 0. The van der Waals surface area contributed by atoms with Crippen LogP contribution in [-0.4, -0.2) is 28.8 Å². The molecule has 5 heteroatoms. The molecule has 27 heavy (non-hydrogen) atoms. The van der Waals surface area contributed by atoms with Gasteiger partial charge in [0.15, 0.2) is 5.78 Å². The molecule has 0 saturated heterocycles. The summed E-state index contributed by atoms with van der Waals surface area (Å²) in [5.41, 5.74) is 8.84. The minimum Gasteiger partial charge on any atom is -1.00 e. The summed E-state index contributed by atoms with van der Waals surface area (Å²) in [6, 6.07) is 0. The van der Waals surface area contributed by atoms with Gasteiger partial charge in [-0.25, -0.2) is 0 Å². The first-order chi connectivity index (χ1) is 11.2. The van der Waals surface area contributed by atoms with Gasteiger partial charge in [-0.05, 0) is 82.2 Å². The molecular formula is C22H29BrMgOS2. The number of Topliss-reactive ketones (excluding diaryl/α,β-unsaturated/α-hetero) is 1. The second-order valence-corrected chi connectivity index (χ2v) is 9.68. The number of fused-ring (bicyclic) bond motifs is 2. The van der Waals surface area contributed by atoms with Crippen molar-refractivity contribution in [2.24, 2.45) is 5.92 Å². The van der Waals surface area contributed by atoms with E-state index in [0.29, 0.717) is 5.78 Å². The average Bonchev–Trinajstić information content (AvgIpc) is 3.17. The molecule has 2 aliphatic carbocycles. The Kier molecular flexibility index (Phi) is 10.2. The van der Waals surface area contributed by atoms with Crippen molar-refractivity contribution < 1.29 is 21.8 Å². The van der Waals surface area contributed by atoms with Crippen molar-refractivity contribution in [3.05, 3.63) is 54.8 Å². The maximum atomic E-state index is 11.6. The molecule has 0 N–H and O–H groups in total. The molecule has 0 radical (unpaired) electrons. The van der Waals surface area contributed by atoms with Crippen LogP contribution in [0.1, 0.15) is 67.3 Å². The third-order valence-electron chi connectivity index (χ3n) is 5.62. The number of ketones is 1. The second kappa shape index (κ2) is 10.2. The Bertz CT molecular complexity index is 873. The molecule has 0 amide bonds. The molecule has 2 heterocycles. The molecule has 0 aromatic carbocycles. The summed E-state index contributed by atoms with van der Waals surface area (Å²) in [5, 5.41) is 0. The number of thiophene rings is 2. The fourth-order valence-corrected chi connectivity index (χ4v) is 6.02. The van der Waals surface area contributed by atoms with Crippen molar-refractivity contribution >= 4 is 57.1 Å². The number of carbonyl (C=O) groups is 1. The molecule has 0 aliphatic heterocycles. The van der Waals surface area contributed by atoms with Crippen molar-refractivity contribution in [1.29, 1.82) is 0 Å². The Hall–Kier alpha value is 0.0562. The van der Waals surface area contributed by atoms with E-state index in [4.69, 9.17) is 0 Å². The van der Waals surface area contributed by atoms with Gasteiger partial charge in [0.05, 0.1) is 4.88 Å². The van der Waals surface area contributed by atoms with E-state index in [-0.39, 0.29) is 53.4 Å². The van der Waals surface area contributed by atoms with E-state index in [0.717, 1.165) is 11.3 Å². The zero-order valence-corrected chi connectivity index (χ0v) is 22.4. The van der Waals surface area contributed by atoms with Crippen LogP contribution < -0.4 is 17.0 Å². The van der Waals surface area contributed by atoms with Crippen LogP contribution in [0.5, 0.6) is 0 Å². The first-order valence-electron chi connectivity index (χ1n) is 8.61. The van der Waals surface area contributed by atoms with E-state index in [1.165, 1.54) is 38.4 Å². The van der Waals surface area contributed by atoms with E-state index in [1.54, 1.807) is 27.4 Å². The van der Waals surface area contributed by atoms with Crippen molar-refractivity contribution in [1.82, 2.24) is 0 Å². The molecule has 2 aliphatic rings. The number of allylic oxidation sites excluding steroid dienone is 2. The van der Waals surface area contributed by atoms with Gasteiger partial charge in [-0.1, -0.05) is 12.5 Å². The normalized spacial score (nSPS) is 16.6. The predicted octanol–water partition coefficient (Wildman–Crippen LogP) is 3.53. The summed E-state index contributed by atoms with van der Waals surface area (Å²) in [6.45, 7) is 15.2. The van der Waals surface area contributed by atoms with E-state index in [9.17, 15) is 4.79 Å². The topological polar surface area (TPSA) is 17.1 Å². The fourth-order valence-electron chi connectivity index (χ4n) is 3.52. The van der Waals surface area contributed by atoms with Crippen LogP contribution in [0, 0.1) is 41.0 Å². The Morgan fingerprint density at radius 3 is 1.81 bits per heavy atom. The molecule has 0 saturated carbocycles. The zero-order chi connectivity index (χ0) is 17.8. The van der Waals surface area contributed by atoms with Crippen LogP contribution in [0.3, 0.4) is 0 Å². The van der Waals surface area contributed by atoms with Crippen molar-refractivity contribution in [3.63, 3.8) is 0 Å². The van der Waals surface area contributed by atoms with Crippen molar-refractivity contribution in [2.45, 2.75) is 61.3 Å². The second-order valence-electron chi connectivity index (χ2n) is 7.23. The van der Waals surface area contributed by atoms with E-state index in [1.807, 2.05) is 18.3 Å². The molecule has 1 nitrogen and oxygen atoms in total. The summed E-state index contributed by atoms with van der Waals surface area (Å²) < 4.78 is 0. The van der Waals surface area contributed by atoms with E-state index >= 15 is 0 Å². The van der Waals surface area contributed by atoms with Crippen LogP contribution in [-0.2, 0) is 12.8 Å². The first kappa shape index (κ1) is 27.1. The number of aryl methyl sites for hydroxylation is 2. The van der Waals surface area contributed by atoms with Crippen LogP contribution in [0.4, 0.5) is 0 Å². The van der Waals surface area contributed by atoms with Crippen LogP contribution in [0.25, 0.3) is 5.57 Å². The SMILES string of the molecule is CC1=C(C)c2sc(C)c(C)c2C1.Cc1sc2c(c1C)CC(C)C2=O.[Br-].[CH3-].[Mg+2]. The van der Waals surface area contributed by atoms with Crippen LogP contribution in [0.15, 0.2) is 5.57 Å². The largest absolute Gasteiger partial charge is 2.00 e. The molecule has 2 aromatic rings. The van der Waals surface area contributed by atoms with Gasteiger partial charge in [-0.3, -0.25) is 4.79 Å². The van der Waals surface area contributed by atoms with Gasteiger partial charge in [0.25, 0.3) is 0 Å². The zero-order valence-electron chi connectivity index (χ0n) is 17.8. The van der Waals surface area contributed by atoms with Gasteiger partial charge < -0.3 is 24.4 Å². The average molecular weight is 478 g/mol. The third kappa shape index (κ3) is 4.80. The van der Waals surface area contributed by atoms with Crippen molar-refractivity contribution in [2.75, 3.05) is 0 Å². The monoisotopic (exact) mass is 476 g/mol. The summed E-state index contributed by atoms with van der Waals surface area (Å²) >= 11 is 3.62. The molecule has 4 rings (SSSR count). The minimum atomic E-state index is 0. The predicted molar refractivity (Wildman–Crippen MR) is 119 cm³/mol. The number of hydrogen-bond donors (Lipinski definition) is 0. The molecule has 2 aromatic heterocycles. The van der Waals surface area contributed by atoms with Gasteiger partial charge in [0.1, 0.15) is 0 Å². The molecule has 1 atom stereocenters. The third-order valence-corrected chi connectivity index (χ3v) is 8.26. The van der Waals surface area contributed by atoms with E-state index < -0.39 is 0 Å². The number of hydrogen-bond acceptors (Lipinski definition) is 3. The van der Waals surface area contributed by atoms with Gasteiger partial charge in [0.2, 0.25) is 0 Å². The van der Waals surface area contributed by atoms with Crippen LogP contribution in [0.2, 0.25) is 0 Å². The van der Waals surface area contributed by atoms with Crippen molar-refractivity contribution in [3.8, 4) is 0 Å². The molecule has 0 fully saturated rings. The van der Waals surface area contributed by atoms with E-state index in [2.05, 4.69) is 41.5 Å². The van der Waals surface area contributed by atoms with Crippen LogP contribution >= 0.6 is 22.7 Å². The van der Waals surface area contributed by atoms with Gasteiger partial charge >= 0.3 is 23.1 Å². The summed E-state index contributed by atoms with van der Waals surface area (Å²) in [6.07, 6.45) is 2.15. The number of halogens is 1. The fraction of sp³-hybridized carbons (Fsp3) is 0.455. The Morgan fingerprint density at radius 2 is 1.33 bits per heavy atom. The standard InChI is InChI=1S/C11H14S.C10H12OS.CH3.BrH.Mg/c1-6-5-10-8(3)9(4)12-11(10)7(6)2;1-5-4-8-6(2)7(3)12-10(8)9(5)11;;;/h5H2,1-4H3;5H,4H2,1-3H3;1H3;1H;/q;;-1;;+2/p-1. The summed E-state index contributed by atoms with van der Waals surface area (Å²) in [5.74, 6) is 0.580. The van der Waals surface area contributed by atoms with Gasteiger partial charge in [-0.15, -0.1) is 22.7 Å². The molecule has 144 valence electrons. The number of rotatable bonds is 0. The van der Waals surface area contributed by atoms with Gasteiger partial charge in [-0.2, -0.15) is 0 Å². The van der Waals surface area contributed by atoms with Gasteiger partial charge in [0, 0.05) is 20.5 Å². The first-order valence-corrected chi connectivity index (χ1v) is 10.2. The maximum absolute atomic E-state index is 11.6. The number of carbonyl (C=O) groups excluding carboxylic acids is 1. The smallest absolute Gasteiger partial charge is 1.00 e. The molecular weight excluding hydrogens is 449 g/mol. The Balaban J connectivity index is 0.000000451. The Morgan fingerprint density at radius 1 is 0.852 bits per heavy atom. The quantitative estimate of drug-likeness (QED) is 0.419. The minimum absolute atomic E-state index is 0. The maximum Gasteiger partial charge on any atom is 2.00 e. The molecule has 0 bridgehead atoms. The molecule has 0 spiro atoms. The molecule has 1 unspecified atom stereocenters. The Labute approximate surface area is 199 Å². The summed E-state index contributed by atoms with van der Waals surface area (Å²) in [4.78, 5) is 16.9.